The molecule has 2 aromatic rings. The second-order valence-corrected chi connectivity index (χ2v) is 5.89. The van der Waals surface area contributed by atoms with E-state index in [1.807, 2.05) is 19.1 Å². The molecule has 0 saturated heterocycles. The third-order valence-corrected chi connectivity index (χ3v) is 3.79. The maximum atomic E-state index is 12.2. The number of aryl methyl sites for hydroxylation is 1. The number of esters is 1. The number of nitrogens with one attached hydrogen (secondary N) is 1. The number of halogens is 3. The van der Waals surface area contributed by atoms with Crippen LogP contribution in [-0.4, -0.2) is 31.7 Å². The molecule has 6 nitrogen and oxygen atoms in total. The van der Waals surface area contributed by atoms with Crippen LogP contribution in [-0.2, 0) is 20.7 Å². The van der Waals surface area contributed by atoms with Crippen LogP contribution in [0, 0.1) is 0 Å². The maximum Gasteiger partial charge on any atom is 0.387 e. The molecule has 0 atom stereocenters. The number of benzene rings is 2. The summed E-state index contributed by atoms with van der Waals surface area (Å²) in [5.74, 6) is -0.974. The van der Waals surface area contributed by atoms with Gasteiger partial charge in [0.2, 0.25) is 0 Å². The van der Waals surface area contributed by atoms with E-state index in [4.69, 9.17) is 21.1 Å². The van der Waals surface area contributed by atoms with E-state index in [-0.39, 0.29) is 23.1 Å². The van der Waals surface area contributed by atoms with E-state index in [1.165, 1.54) is 18.2 Å². The molecule has 150 valence electrons. The van der Waals surface area contributed by atoms with Gasteiger partial charge < -0.3 is 19.5 Å². The van der Waals surface area contributed by atoms with Crippen LogP contribution in [0.4, 0.5) is 14.5 Å². The molecule has 1 N–H and O–H groups in total. The SMILES string of the molecule is CCc1ccccc1OCC(=O)OCC(=O)Nc1ccc(OC(F)F)c(Cl)c1. The van der Waals surface area contributed by atoms with Crippen LogP contribution in [0.2, 0.25) is 5.02 Å². The van der Waals surface area contributed by atoms with Crippen molar-refractivity contribution in [3.63, 3.8) is 0 Å². The first-order valence-corrected chi connectivity index (χ1v) is 8.67. The van der Waals surface area contributed by atoms with Gasteiger partial charge in [-0.05, 0) is 36.2 Å². The summed E-state index contributed by atoms with van der Waals surface area (Å²) in [6, 6.07) is 11.0. The number of hydrogen-bond acceptors (Lipinski definition) is 5. The van der Waals surface area contributed by atoms with Crippen LogP contribution in [0.15, 0.2) is 42.5 Å². The number of amides is 1. The van der Waals surface area contributed by atoms with E-state index in [9.17, 15) is 18.4 Å². The predicted molar refractivity (Wildman–Crippen MR) is 99.0 cm³/mol. The van der Waals surface area contributed by atoms with Crippen LogP contribution in [0.25, 0.3) is 0 Å². The quantitative estimate of drug-likeness (QED) is 0.627. The lowest BCUT2D eigenvalue weighted by Crippen LogP contribution is -2.23. The van der Waals surface area contributed by atoms with Crippen molar-refractivity contribution < 1.29 is 32.6 Å². The van der Waals surface area contributed by atoms with Crippen molar-refractivity contribution in [2.45, 2.75) is 20.0 Å². The molecule has 0 spiro atoms. The van der Waals surface area contributed by atoms with E-state index >= 15 is 0 Å². The monoisotopic (exact) mass is 413 g/mol. The molecule has 2 aromatic carbocycles. The van der Waals surface area contributed by atoms with Crippen molar-refractivity contribution in [2.24, 2.45) is 0 Å². The molecule has 0 saturated carbocycles. The number of anilines is 1. The number of carbonyl (C=O) groups is 2. The van der Waals surface area contributed by atoms with Gasteiger partial charge in [0.1, 0.15) is 11.5 Å². The van der Waals surface area contributed by atoms with E-state index < -0.39 is 25.1 Å². The lowest BCUT2D eigenvalue weighted by molar-refractivity contribution is -0.149. The summed E-state index contributed by atoms with van der Waals surface area (Å²) >= 11 is 5.80. The smallest absolute Gasteiger partial charge is 0.387 e. The number of hydrogen-bond donors (Lipinski definition) is 1. The first kappa shape index (κ1) is 21.4. The summed E-state index contributed by atoms with van der Waals surface area (Å²) in [5, 5.41) is 2.33. The Labute approximate surface area is 165 Å². The Balaban J connectivity index is 1.79. The molecule has 0 heterocycles. The molecule has 0 aliphatic carbocycles. The number of ether oxygens (including phenoxy) is 3. The highest BCUT2D eigenvalue weighted by Gasteiger charge is 2.12. The number of para-hydroxylation sites is 1. The number of alkyl halides is 2. The normalized spacial score (nSPS) is 10.5. The van der Waals surface area contributed by atoms with Crippen molar-refractivity contribution >= 4 is 29.2 Å². The zero-order valence-electron chi connectivity index (χ0n) is 14.9. The van der Waals surface area contributed by atoms with Crippen LogP contribution < -0.4 is 14.8 Å². The predicted octanol–water partition coefficient (Wildman–Crippen LogP) is 4.06. The molecule has 28 heavy (non-hydrogen) atoms. The Kier molecular flexibility index (Phi) is 8.01. The van der Waals surface area contributed by atoms with Crippen molar-refractivity contribution in [1.82, 2.24) is 0 Å². The largest absolute Gasteiger partial charge is 0.482 e. The molecular formula is C19H18ClF2NO5. The maximum absolute atomic E-state index is 12.2. The molecule has 2 rings (SSSR count). The summed E-state index contributed by atoms with van der Waals surface area (Å²) in [7, 11) is 0. The lowest BCUT2D eigenvalue weighted by atomic mass is 10.1. The summed E-state index contributed by atoms with van der Waals surface area (Å²) < 4.78 is 38.8. The van der Waals surface area contributed by atoms with Gasteiger partial charge in [-0.1, -0.05) is 36.7 Å². The van der Waals surface area contributed by atoms with E-state index in [0.717, 1.165) is 12.0 Å². The Morgan fingerprint density at radius 3 is 2.54 bits per heavy atom. The number of carbonyl (C=O) groups excluding carboxylic acids is 2. The van der Waals surface area contributed by atoms with E-state index in [0.29, 0.717) is 5.75 Å². The molecular weight excluding hydrogens is 396 g/mol. The van der Waals surface area contributed by atoms with Crippen LogP contribution >= 0.6 is 11.6 Å². The fraction of sp³-hybridized carbons (Fsp3) is 0.263. The van der Waals surface area contributed by atoms with Gasteiger partial charge >= 0.3 is 12.6 Å². The zero-order valence-corrected chi connectivity index (χ0v) is 15.7. The molecule has 0 bridgehead atoms. The topological polar surface area (TPSA) is 73.9 Å². The van der Waals surface area contributed by atoms with Crippen LogP contribution in [0.5, 0.6) is 11.5 Å². The van der Waals surface area contributed by atoms with Gasteiger partial charge in [0.15, 0.2) is 13.2 Å². The molecule has 0 unspecified atom stereocenters. The molecule has 0 aromatic heterocycles. The number of rotatable bonds is 9. The summed E-state index contributed by atoms with van der Waals surface area (Å²) in [5.41, 5.74) is 1.19. The van der Waals surface area contributed by atoms with Gasteiger partial charge in [-0.3, -0.25) is 4.79 Å². The molecule has 0 radical (unpaired) electrons. The van der Waals surface area contributed by atoms with Gasteiger partial charge in [0, 0.05) is 5.69 Å². The van der Waals surface area contributed by atoms with Gasteiger partial charge in [0.05, 0.1) is 5.02 Å². The Hall–Kier alpha value is -2.87. The Bertz CT molecular complexity index is 832. The first-order valence-electron chi connectivity index (χ1n) is 8.29. The highest BCUT2D eigenvalue weighted by molar-refractivity contribution is 6.32. The molecule has 0 aliphatic rings. The lowest BCUT2D eigenvalue weighted by Gasteiger charge is -2.11. The fourth-order valence-electron chi connectivity index (χ4n) is 2.23. The second-order valence-electron chi connectivity index (χ2n) is 5.48. The van der Waals surface area contributed by atoms with Gasteiger partial charge in [-0.25, -0.2) is 4.79 Å². The molecule has 0 fully saturated rings. The van der Waals surface area contributed by atoms with Crippen molar-refractivity contribution in [1.29, 1.82) is 0 Å². The summed E-state index contributed by atoms with van der Waals surface area (Å²) in [6.45, 7) is -1.92. The van der Waals surface area contributed by atoms with Crippen LogP contribution in [0.1, 0.15) is 12.5 Å². The fourth-order valence-corrected chi connectivity index (χ4v) is 2.45. The Morgan fingerprint density at radius 2 is 1.86 bits per heavy atom. The third kappa shape index (κ3) is 6.70. The van der Waals surface area contributed by atoms with Gasteiger partial charge in [0.25, 0.3) is 5.91 Å². The van der Waals surface area contributed by atoms with Gasteiger partial charge in [-0.15, -0.1) is 0 Å². The minimum Gasteiger partial charge on any atom is -0.482 e. The molecule has 0 aliphatic heterocycles. The average molecular weight is 414 g/mol. The highest BCUT2D eigenvalue weighted by atomic mass is 35.5. The standard InChI is InChI=1S/C19H18ClF2NO5/c1-2-12-5-3-4-6-15(12)26-11-18(25)27-10-17(24)23-13-7-8-16(14(20)9-13)28-19(21)22/h3-9,19H,2,10-11H2,1H3,(H,23,24). The average Bonchev–Trinajstić information content (AvgIpc) is 2.66. The molecule has 9 heteroatoms. The summed E-state index contributed by atoms with van der Waals surface area (Å²) in [4.78, 5) is 23.6. The van der Waals surface area contributed by atoms with Crippen molar-refractivity contribution in [2.75, 3.05) is 18.5 Å². The molecule has 1 amide bonds. The first-order chi connectivity index (χ1) is 13.4. The van der Waals surface area contributed by atoms with E-state index in [2.05, 4.69) is 10.1 Å². The van der Waals surface area contributed by atoms with Crippen LogP contribution in [0.3, 0.4) is 0 Å². The highest BCUT2D eigenvalue weighted by Crippen LogP contribution is 2.28. The second kappa shape index (κ2) is 10.5. The van der Waals surface area contributed by atoms with Gasteiger partial charge in [-0.2, -0.15) is 8.78 Å². The van der Waals surface area contributed by atoms with E-state index in [1.54, 1.807) is 12.1 Å². The summed E-state index contributed by atoms with van der Waals surface area (Å²) in [6.07, 6.45) is 0.747. The minimum atomic E-state index is -3.01. The minimum absolute atomic E-state index is 0.0990. The van der Waals surface area contributed by atoms with Crippen molar-refractivity contribution in [3.8, 4) is 11.5 Å². The third-order valence-electron chi connectivity index (χ3n) is 3.49. The zero-order chi connectivity index (χ0) is 20.5. The Morgan fingerprint density at radius 1 is 1.11 bits per heavy atom. The van der Waals surface area contributed by atoms with Crippen molar-refractivity contribution in [3.05, 3.63) is 53.1 Å².